The average Bonchev–Trinajstić information content (AvgIpc) is 3.02. The van der Waals surface area contributed by atoms with Gasteiger partial charge in [-0.1, -0.05) is 23.9 Å². The Bertz CT molecular complexity index is 907. The Balaban J connectivity index is 1.83. The zero-order valence-electron chi connectivity index (χ0n) is 15.0. The molecule has 0 aliphatic carbocycles. The molecule has 0 bridgehead atoms. The second kappa shape index (κ2) is 7.50. The molecule has 1 fully saturated rings. The number of hydrogen-bond acceptors (Lipinski definition) is 6. The maximum atomic E-state index is 13.0. The van der Waals surface area contributed by atoms with Crippen LogP contribution in [0.2, 0.25) is 0 Å². The molecule has 1 atom stereocenters. The lowest BCUT2D eigenvalue weighted by atomic mass is 9.99. The van der Waals surface area contributed by atoms with Crippen molar-refractivity contribution >= 4 is 27.6 Å². The van der Waals surface area contributed by atoms with Crippen molar-refractivity contribution < 1.29 is 13.2 Å². The molecule has 140 valence electrons. The van der Waals surface area contributed by atoms with Gasteiger partial charge < -0.3 is 4.57 Å². The molecule has 1 aromatic heterocycles. The monoisotopic (exact) mass is 394 g/mol. The van der Waals surface area contributed by atoms with Crippen LogP contribution in [-0.2, 0) is 17.1 Å². The molecule has 1 saturated heterocycles. The van der Waals surface area contributed by atoms with E-state index < -0.39 is 10.0 Å². The third-order valence-electron chi connectivity index (χ3n) is 4.70. The highest BCUT2D eigenvalue weighted by Crippen LogP contribution is 2.30. The Kier molecular flexibility index (Phi) is 5.50. The van der Waals surface area contributed by atoms with Crippen LogP contribution >= 0.6 is 11.8 Å². The number of nitrogens with zero attached hydrogens (tertiary/aromatic N) is 4. The number of thioether (sulfide) groups is 1. The van der Waals surface area contributed by atoms with Crippen molar-refractivity contribution in [1.82, 2.24) is 19.1 Å². The van der Waals surface area contributed by atoms with Crippen molar-refractivity contribution in [3.05, 3.63) is 35.7 Å². The van der Waals surface area contributed by atoms with E-state index in [2.05, 4.69) is 10.2 Å². The minimum atomic E-state index is -3.60. The maximum absolute atomic E-state index is 13.0. The van der Waals surface area contributed by atoms with Gasteiger partial charge in [-0.3, -0.25) is 4.79 Å². The molecule has 1 aromatic carbocycles. The Morgan fingerprint density at radius 3 is 2.50 bits per heavy atom. The summed E-state index contributed by atoms with van der Waals surface area (Å²) in [5.41, 5.74) is 0.504. The van der Waals surface area contributed by atoms with E-state index in [0.717, 1.165) is 23.8 Å². The molecule has 1 aliphatic rings. The van der Waals surface area contributed by atoms with Gasteiger partial charge in [0.25, 0.3) is 0 Å². The van der Waals surface area contributed by atoms with E-state index in [-0.39, 0.29) is 16.6 Å². The summed E-state index contributed by atoms with van der Waals surface area (Å²) in [6, 6.07) is 6.13. The lowest BCUT2D eigenvalue weighted by Crippen LogP contribution is -2.39. The van der Waals surface area contributed by atoms with E-state index in [1.54, 1.807) is 12.1 Å². The van der Waals surface area contributed by atoms with E-state index in [1.807, 2.05) is 17.9 Å². The standard InChI is InChI=1S/C17H22N4O3S2/c1-12(22)13-6-8-15(9-7-13)26(23,24)21-10-4-5-14(11-21)16-18-19-17(25-3)20(16)2/h6-9,14H,4-5,10-11H2,1-3H3. The first-order valence-electron chi connectivity index (χ1n) is 8.39. The number of rotatable bonds is 5. The number of piperidine rings is 1. The molecule has 7 nitrogen and oxygen atoms in total. The molecule has 9 heteroatoms. The van der Waals surface area contributed by atoms with Crippen molar-refractivity contribution in [2.45, 2.75) is 35.7 Å². The van der Waals surface area contributed by atoms with Crippen LogP contribution in [0.5, 0.6) is 0 Å². The molecule has 0 radical (unpaired) electrons. The number of sulfonamides is 1. The summed E-state index contributed by atoms with van der Waals surface area (Å²) in [6.07, 6.45) is 3.60. The molecule has 1 aliphatic heterocycles. The van der Waals surface area contributed by atoms with Gasteiger partial charge in [0.05, 0.1) is 4.90 Å². The maximum Gasteiger partial charge on any atom is 0.243 e. The molecular formula is C17H22N4O3S2. The van der Waals surface area contributed by atoms with Crippen LogP contribution in [0.3, 0.4) is 0 Å². The lowest BCUT2D eigenvalue weighted by molar-refractivity contribution is 0.101. The molecule has 2 heterocycles. The molecule has 3 rings (SSSR count). The number of carbonyl (C=O) groups is 1. The highest BCUT2D eigenvalue weighted by Gasteiger charge is 2.33. The summed E-state index contributed by atoms with van der Waals surface area (Å²) in [5.74, 6) is 0.758. The molecule has 0 amide bonds. The van der Waals surface area contributed by atoms with Crippen molar-refractivity contribution in [3.63, 3.8) is 0 Å². The van der Waals surface area contributed by atoms with Crippen LogP contribution < -0.4 is 0 Å². The lowest BCUT2D eigenvalue weighted by Gasteiger charge is -2.31. The van der Waals surface area contributed by atoms with Crippen LogP contribution in [-0.4, -0.2) is 52.6 Å². The van der Waals surface area contributed by atoms with E-state index in [0.29, 0.717) is 18.7 Å². The number of aromatic nitrogens is 3. The second-order valence-corrected chi connectivity index (χ2v) is 9.10. The van der Waals surface area contributed by atoms with E-state index >= 15 is 0 Å². The summed E-state index contributed by atoms with van der Waals surface area (Å²) < 4.78 is 29.4. The van der Waals surface area contributed by atoms with Crippen molar-refractivity contribution in [2.24, 2.45) is 7.05 Å². The third kappa shape index (κ3) is 3.56. The van der Waals surface area contributed by atoms with Crippen LogP contribution in [0, 0.1) is 0 Å². The number of ketones is 1. The molecular weight excluding hydrogens is 372 g/mol. The van der Waals surface area contributed by atoms with Crippen LogP contribution in [0.4, 0.5) is 0 Å². The van der Waals surface area contributed by atoms with E-state index in [9.17, 15) is 13.2 Å². The quantitative estimate of drug-likeness (QED) is 0.571. The summed E-state index contributed by atoms with van der Waals surface area (Å²) in [4.78, 5) is 11.6. The number of hydrogen-bond donors (Lipinski definition) is 0. The summed E-state index contributed by atoms with van der Waals surface area (Å²) in [5, 5.41) is 9.24. The Morgan fingerprint density at radius 1 is 1.23 bits per heavy atom. The van der Waals surface area contributed by atoms with Gasteiger partial charge in [-0.05, 0) is 38.2 Å². The molecule has 0 saturated carbocycles. The predicted octanol–water partition coefficient (Wildman–Crippen LogP) is 2.31. The minimum Gasteiger partial charge on any atom is -0.309 e. The van der Waals surface area contributed by atoms with Crippen molar-refractivity contribution in [3.8, 4) is 0 Å². The third-order valence-corrected chi connectivity index (χ3v) is 7.30. The second-order valence-electron chi connectivity index (χ2n) is 6.39. The van der Waals surface area contributed by atoms with Crippen molar-refractivity contribution in [1.29, 1.82) is 0 Å². The summed E-state index contributed by atoms with van der Waals surface area (Å²) in [6.45, 7) is 2.33. The molecule has 26 heavy (non-hydrogen) atoms. The van der Waals surface area contributed by atoms with Gasteiger partial charge in [0.1, 0.15) is 5.82 Å². The SMILES string of the molecule is CSc1nnc(C2CCCN(S(=O)(=O)c3ccc(C(C)=O)cc3)C2)n1C. The van der Waals surface area contributed by atoms with Gasteiger partial charge in [0.15, 0.2) is 10.9 Å². The predicted molar refractivity (Wildman–Crippen MR) is 100.0 cm³/mol. The smallest absolute Gasteiger partial charge is 0.243 e. The largest absolute Gasteiger partial charge is 0.309 e. The van der Waals surface area contributed by atoms with Gasteiger partial charge in [-0.15, -0.1) is 10.2 Å². The van der Waals surface area contributed by atoms with Gasteiger partial charge in [0.2, 0.25) is 10.0 Å². The normalized spacial score (nSPS) is 18.8. The fraction of sp³-hybridized carbons (Fsp3) is 0.471. The highest BCUT2D eigenvalue weighted by molar-refractivity contribution is 7.98. The topological polar surface area (TPSA) is 85.2 Å². The van der Waals surface area contributed by atoms with Gasteiger partial charge in [-0.2, -0.15) is 4.31 Å². The van der Waals surface area contributed by atoms with Crippen LogP contribution in [0.25, 0.3) is 0 Å². The van der Waals surface area contributed by atoms with Gasteiger partial charge in [0, 0.05) is 31.6 Å². The minimum absolute atomic E-state index is 0.0217. The zero-order valence-corrected chi connectivity index (χ0v) is 16.7. The van der Waals surface area contributed by atoms with Gasteiger partial charge >= 0.3 is 0 Å². The molecule has 0 N–H and O–H groups in total. The zero-order chi connectivity index (χ0) is 18.9. The number of Topliss-reactive ketones (excluding diaryl/α,β-unsaturated/α-hetero) is 1. The fourth-order valence-electron chi connectivity index (χ4n) is 3.24. The molecule has 1 unspecified atom stereocenters. The Hall–Kier alpha value is -1.71. The first-order valence-corrected chi connectivity index (χ1v) is 11.1. The highest BCUT2D eigenvalue weighted by atomic mass is 32.2. The number of benzene rings is 1. The first kappa shape index (κ1) is 19.1. The summed E-state index contributed by atoms with van der Waals surface area (Å²) >= 11 is 1.52. The first-order chi connectivity index (χ1) is 12.3. The average molecular weight is 395 g/mol. The van der Waals surface area contributed by atoms with E-state index in [4.69, 9.17) is 0 Å². The molecule has 0 spiro atoms. The van der Waals surface area contributed by atoms with Gasteiger partial charge in [-0.25, -0.2) is 8.42 Å². The van der Waals surface area contributed by atoms with Crippen molar-refractivity contribution in [2.75, 3.05) is 19.3 Å². The van der Waals surface area contributed by atoms with Crippen LogP contribution in [0.1, 0.15) is 41.9 Å². The fourth-order valence-corrected chi connectivity index (χ4v) is 5.26. The van der Waals surface area contributed by atoms with Crippen LogP contribution in [0.15, 0.2) is 34.3 Å². The molecule has 2 aromatic rings. The Morgan fingerprint density at radius 2 is 1.92 bits per heavy atom. The number of carbonyl (C=O) groups excluding carboxylic acids is 1. The summed E-state index contributed by atoms with van der Waals surface area (Å²) in [7, 11) is -1.69. The Labute approximate surface area is 157 Å². The van der Waals surface area contributed by atoms with E-state index in [1.165, 1.54) is 35.1 Å².